The summed E-state index contributed by atoms with van der Waals surface area (Å²) in [6.45, 7) is 1.51. The average Bonchev–Trinajstić information content (AvgIpc) is 2.70. The summed E-state index contributed by atoms with van der Waals surface area (Å²) in [4.78, 5) is 22.1. The van der Waals surface area contributed by atoms with Crippen LogP contribution in [0.2, 0.25) is 5.02 Å². The number of methoxy groups -OCH3 is 1. The zero-order valence-electron chi connectivity index (χ0n) is 15.3. The van der Waals surface area contributed by atoms with Crippen LogP contribution in [0.3, 0.4) is 0 Å². The van der Waals surface area contributed by atoms with Crippen molar-refractivity contribution in [3.63, 3.8) is 0 Å². The highest BCUT2D eigenvalue weighted by Crippen LogP contribution is 2.26. The first-order chi connectivity index (χ1) is 13.5. The standard InChI is InChI=1S/C21H19ClFN3O2/c1-28-19-4-2-3-17(23)16(19)11-26-10-9-15-18(12-26)24-20(25-21(15)27)13-5-7-14(22)8-6-13/h2-8H,9-12H2,1H3,(H,24,25,27). The Balaban J connectivity index is 1.63. The molecular formula is C21H19ClFN3O2. The molecule has 4 rings (SSSR count). The molecule has 0 saturated heterocycles. The second kappa shape index (κ2) is 7.73. The lowest BCUT2D eigenvalue weighted by Gasteiger charge is -2.28. The van der Waals surface area contributed by atoms with E-state index in [2.05, 4.69) is 14.9 Å². The Kier molecular flexibility index (Phi) is 5.15. The molecule has 2 heterocycles. The Bertz CT molecular complexity index is 1070. The van der Waals surface area contributed by atoms with Crippen LogP contribution in [0.25, 0.3) is 11.4 Å². The monoisotopic (exact) mass is 399 g/mol. The molecule has 144 valence electrons. The summed E-state index contributed by atoms with van der Waals surface area (Å²) in [6.07, 6.45) is 0.565. The summed E-state index contributed by atoms with van der Waals surface area (Å²) >= 11 is 5.94. The number of benzene rings is 2. The lowest BCUT2D eigenvalue weighted by Crippen LogP contribution is -2.35. The Morgan fingerprint density at radius 1 is 1.25 bits per heavy atom. The molecule has 3 aromatic rings. The van der Waals surface area contributed by atoms with Crippen LogP contribution in [0.1, 0.15) is 16.8 Å². The summed E-state index contributed by atoms with van der Waals surface area (Å²) in [5, 5.41) is 0.620. The Morgan fingerprint density at radius 2 is 2.04 bits per heavy atom. The third-order valence-corrected chi connectivity index (χ3v) is 5.20. The van der Waals surface area contributed by atoms with Crippen LogP contribution in [-0.4, -0.2) is 28.5 Å². The molecule has 0 unspecified atom stereocenters. The quantitative estimate of drug-likeness (QED) is 0.725. The SMILES string of the molecule is COc1cccc(F)c1CN1CCc2c(nc(-c3ccc(Cl)cc3)[nH]c2=O)C1. The van der Waals surface area contributed by atoms with Crippen molar-refractivity contribution >= 4 is 11.6 Å². The number of nitrogens with one attached hydrogen (secondary N) is 1. The van der Waals surface area contributed by atoms with E-state index < -0.39 is 0 Å². The number of hydrogen-bond acceptors (Lipinski definition) is 4. The van der Waals surface area contributed by atoms with Crippen LogP contribution in [0.15, 0.2) is 47.3 Å². The number of rotatable bonds is 4. The van der Waals surface area contributed by atoms with E-state index in [0.29, 0.717) is 53.8 Å². The van der Waals surface area contributed by atoms with Gasteiger partial charge in [-0.3, -0.25) is 9.69 Å². The molecule has 28 heavy (non-hydrogen) atoms. The van der Waals surface area contributed by atoms with Gasteiger partial charge in [-0.05, 0) is 42.8 Å². The lowest BCUT2D eigenvalue weighted by atomic mass is 10.0. The molecule has 2 aromatic carbocycles. The molecule has 1 N–H and O–H groups in total. The van der Waals surface area contributed by atoms with Crippen molar-refractivity contribution in [1.29, 1.82) is 0 Å². The molecule has 0 amide bonds. The summed E-state index contributed by atoms with van der Waals surface area (Å²) < 4.78 is 19.6. The van der Waals surface area contributed by atoms with Crippen molar-refractivity contribution in [3.05, 3.63) is 80.5 Å². The van der Waals surface area contributed by atoms with Crippen molar-refractivity contribution < 1.29 is 9.13 Å². The molecule has 1 aromatic heterocycles. The van der Waals surface area contributed by atoms with Gasteiger partial charge in [-0.25, -0.2) is 9.37 Å². The van der Waals surface area contributed by atoms with Crippen molar-refractivity contribution in [2.45, 2.75) is 19.5 Å². The molecule has 0 bridgehead atoms. The molecular weight excluding hydrogens is 381 g/mol. The average molecular weight is 400 g/mol. The first-order valence-corrected chi connectivity index (χ1v) is 9.34. The van der Waals surface area contributed by atoms with Crippen molar-refractivity contribution in [2.24, 2.45) is 0 Å². The van der Waals surface area contributed by atoms with Crippen LogP contribution in [-0.2, 0) is 19.5 Å². The van der Waals surface area contributed by atoms with E-state index in [0.717, 1.165) is 11.3 Å². The van der Waals surface area contributed by atoms with Crippen LogP contribution in [0, 0.1) is 5.82 Å². The van der Waals surface area contributed by atoms with E-state index >= 15 is 0 Å². The maximum absolute atomic E-state index is 14.3. The number of aromatic amines is 1. The van der Waals surface area contributed by atoms with E-state index in [9.17, 15) is 9.18 Å². The molecule has 1 aliphatic heterocycles. The molecule has 7 heteroatoms. The number of nitrogens with zero attached hydrogens (tertiary/aromatic N) is 2. The largest absolute Gasteiger partial charge is 0.496 e. The van der Waals surface area contributed by atoms with Gasteiger partial charge in [0.1, 0.15) is 17.4 Å². The smallest absolute Gasteiger partial charge is 0.254 e. The van der Waals surface area contributed by atoms with Crippen molar-refractivity contribution in [2.75, 3.05) is 13.7 Å². The Hall–Kier alpha value is -2.70. The molecule has 0 saturated carbocycles. The zero-order valence-corrected chi connectivity index (χ0v) is 16.1. The van der Waals surface area contributed by atoms with Crippen molar-refractivity contribution in [1.82, 2.24) is 14.9 Å². The van der Waals surface area contributed by atoms with Gasteiger partial charge in [0.2, 0.25) is 0 Å². The first-order valence-electron chi connectivity index (χ1n) is 8.97. The summed E-state index contributed by atoms with van der Waals surface area (Å²) in [7, 11) is 1.53. The highest BCUT2D eigenvalue weighted by Gasteiger charge is 2.23. The minimum Gasteiger partial charge on any atom is -0.496 e. The van der Waals surface area contributed by atoms with Crippen LogP contribution >= 0.6 is 11.6 Å². The topological polar surface area (TPSA) is 58.2 Å². The summed E-state index contributed by atoms with van der Waals surface area (Å²) in [5.41, 5.74) is 2.58. The second-order valence-corrected chi connectivity index (χ2v) is 7.16. The summed E-state index contributed by atoms with van der Waals surface area (Å²) in [6, 6.07) is 12.0. The van der Waals surface area contributed by atoms with Gasteiger partial charge in [0.05, 0.1) is 12.8 Å². The molecule has 0 radical (unpaired) electrons. The van der Waals surface area contributed by atoms with Gasteiger partial charge in [0.25, 0.3) is 5.56 Å². The van der Waals surface area contributed by atoms with E-state index in [-0.39, 0.29) is 11.4 Å². The molecule has 0 aliphatic carbocycles. The lowest BCUT2D eigenvalue weighted by molar-refractivity contribution is 0.233. The highest BCUT2D eigenvalue weighted by molar-refractivity contribution is 6.30. The Labute approximate surface area is 166 Å². The number of H-pyrrole nitrogens is 1. The van der Waals surface area contributed by atoms with Crippen LogP contribution in [0.5, 0.6) is 5.75 Å². The van der Waals surface area contributed by atoms with E-state index in [1.165, 1.54) is 13.2 Å². The van der Waals surface area contributed by atoms with Gasteiger partial charge < -0.3 is 9.72 Å². The fourth-order valence-electron chi connectivity index (χ4n) is 3.48. The second-order valence-electron chi connectivity index (χ2n) is 6.73. The fraction of sp³-hybridized carbons (Fsp3) is 0.238. The zero-order chi connectivity index (χ0) is 19.7. The van der Waals surface area contributed by atoms with Gasteiger partial charge in [-0.2, -0.15) is 0 Å². The molecule has 0 atom stereocenters. The molecule has 5 nitrogen and oxygen atoms in total. The third-order valence-electron chi connectivity index (χ3n) is 4.95. The van der Waals surface area contributed by atoms with Crippen LogP contribution < -0.4 is 10.3 Å². The Morgan fingerprint density at radius 3 is 2.79 bits per heavy atom. The fourth-order valence-corrected chi connectivity index (χ4v) is 3.61. The first kappa shape index (κ1) is 18.7. The number of hydrogen-bond donors (Lipinski definition) is 1. The minimum absolute atomic E-state index is 0.127. The van der Waals surface area contributed by atoms with E-state index in [1.807, 2.05) is 12.1 Å². The number of halogens is 2. The maximum atomic E-state index is 14.3. The van der Waals surface area contributed by atoms with E-state index in [1.54, 1.807) is 24.3 Å². The van der Waals surface area contributed by atoms with Crippen LogP contribution in [0.4, 0.5) is 4.39 Å². The highest BCUT2D eigenvalue weighted by atomic mass is 35.5. The molecule has 1 aliphatic rings. The van der Waals surface area contributed by atoms with Gasteiger partial charge in [0.15, 0.2) is 0 Å². The number of ether oxygens (including phenoxy) is 1. The number of aromatic nitrogens is 2. The molecule has 0 fully saturated rings. The van der Waals surface area contributed by atoms with Crippen molar-refractivity contribution in [3.8, 4) is 17.1 Å². The van der Waals surface area contributed by atoms with Gasteiger partial charge >= 0.3 is 0 Å². The number of fused-ring (bicyclic) bond motifs is 1. The van der Waals surface area contributed by atoms with E-state index in [4.69, 9.17) is 16.3 Å². The predicted molar refractivity (Wildman–Crippen MR) is 106 cm³/mol. The maximum Gasteiger partial charge on any atom is 0.254 e. The third kappa shape index (κ3) is 3.66. The summed E-state index contributed by atoms with van der Waals surface area (Å²) in [5.74, 6) is 0.725. The predicted octanol–water partition coefficient (Wildman–Crippen LogP) is 3.80. The van der Waals surface area contributed by atoms with Gasteiger partial charge in [-0.15, -0.1) is 0 Å². The minimum atomic E-state index is -0.300. The molecule has 0 spiro atoms. The van der Waals surface area contributed by atoms with Gasteiger partial charge in [0, 0.05) is 41.3 Å². The van der Waals surface area contributed by atoms with Gasteiger partial charge in [-0.1, -0.05) is 17.7 Å². The normalized spacial score (nSPS) is 14.0.